The Kier molecular flexibility index (Phi) is 7.76. The molecule has 3 aliphatic rings. The third-order valence-corrected chi connectivity index (χ3v) is 9.11. The third kappa shape index (κ3) is 5.77. The fraction of sp³-hybridized carbons (Fsp3) is 0.571. The summed E-state index contributed by atoms with van der Waals surface area (Å²) in [6.07, 6.45) is -5.89. The summed E-state index contributed by atoms with van der Waals surface area (Å²) in [6, 6.07) is 0.507. The number of H-pyrrole nitrogens is 1. The van der Waals surface area contributed by atoms with E-state index < -0.39 is 83.2 Å². The Labute approximate surface area is 235 Å². The maximum Gasteiger partial charge on any atom is 0.472 e. The number of nitrogens with zero attached hydrogens (tertiary/aromatic N) is 5. The van der Waals surface area contributed by atoms with Gasteiger partial charge in [-0.15, -0.1) is 0 Å². The number of phosphoric acid groups is 2. The molecule has 18 nitrogen and oxygen atoms in total. The third-order valence-electron chi connectivity index (χ3n) is 7.14. The van der Waals surface area contributed by atoms with Crippen molar-refractivity contribution in [3.05, 3.63) is 41.1 Å². The summed E-state index contributed by atoms with van der Waals surface area (Å²) in [5, 5.41) is 13.8. The van der Waals surface area contributed by atoms with E-state index >= 15 is 4.39 Å². The number of aromatic amines is 1. The molecule has 10 atom stereocenters. The Morgan fingerprint density at radius 3 is 2.62 bits per heavy atom. The Bertz CT molecular complexity index is 1610. The highest BCUT2D eigenvalue weighted by Gasteiger charge is 2.53. The average molecular weight is 633 g/mol. The SMILES string of the molecule is Cc1nc2c(ncn2[C@@H]2O[C@@H]3COP(=O)(O)O[C@@H]4[C@@H](COP(=O)(O)O[C@@H]2[C@@H]3O)C[C@@H](Nc2ccncn2)[C@@H]4F)c(=O)[nH]1. The fourth-order valence-electron chi connectivity index (χ4n) is 5.23. The van der Waals surface area contributed by atoms with Crippen molar-refractivity contribution >= 4 is 32.6 Å². The number of halogens is 1. The van der Waals surface area contributed by atoms with Gasteiger partial charge in [0.1, 0.15) is 48.6 Å². The van der Waals surface area contributed by atoms with Crippen LogP contribution in [0.5, 0.6) is 0 Å². The quantitative estimate of drug-likeness (QED) is 0.244. The van der Waals surface area contributed by atoms with Gasteiger partial charge in [-0.2, -0.15) is 0 Å². The van der Waals surface area contributed by atoms with Gasteiger partial charge in [0.05, 0.1) is 25.6 Å². The Hall–Kier alpha value is -2.70. The highest BCUT2D eigenvalue weighted by molar-refractivity contribution is 7.47. The van der Waals surface area contributed by atoms with Gasteiger partial charge in [0, 0.05) is 12.1 Å². The molecule has 2 saturated heterocycles. The zero-order chi connectivity index (χ0) is 29.8. The molecular formula is C21H26FN7O11P2. The molecule has 3 aromatic heterocycles. The smallest absolute Gasteiger partial charge is 0.387 e. The first-order chi connectivity index (χ1) is 19.9. The van der Waals surface area contributed by atoms with Crippen LogP contribution in [-0.4, -0.2) is 94.2 Å². The standard InChI is InChI=1S/C21H26FN7O11P2/c1-9-26-19-15(20(31)27-9)25-8-29(19)21-18-16(30)12(38-21)6-37-42(34,35)39-17-10(5-36-41(32,33)40-18)4-11(14(17)22)28-13-2-3-23-7-24-13/h2-3,7-8,10-12,14,16-18,21,30H,4-6H2,1H3,(H,32,33)(H,34,35)(H,23,24,28)(H,26,27,31)/t10-,11-,12-,14+,16-,17-,18-,21-/m1/s1. The summed E-state index contributed by atoms with van der Waals surface area (Å²) in [5.41, 5.74) is -0.630. The number of imidazole rings is 1. The number of hydrogen-bond donors (Lipinski definition) is 5. The van der Waals surface area contributed by atoms with Crippen molar-refractivity contribution in [2.75, 3.05) is 18.5 Å². The lowest BCUT2D eigenvalue weighted by Gasteiger charge is -2.26. The van der Waals surface area contributed by atoms with Crippen LogP contribution in [-0.2, 0) is 32.0 Å². The molecule has 3 fully saturated rings. The summed E-state index contributed by atoms with van der Waals surface area (Å²) >= 11 is 0. The molecule has 6 rings (SSSR count). The Balaban J connectivity index is 1.29. The van der Waals surface area contributed by atoms with E-state index in [4.69, 9.17) is 22.8 Å². The van der Waals surface area contributed by atoms with E-state index in [2.05, 4.69) is 30.2 Å². The number of ether oxygens (including phenoxy) is 1. The number of alkyl halides is 1. The van der Waals surface area contributed by atoms with Crippen molar-refractivity contribution < 1.29 is 51.2 Å². The molecule has 42 heavy (non-hydrogen) atoms. The fourth-order valence-corrected chi connectivity index (χ4v) is 7.20. The Morgan fingerprint density at radius 2 is 1.88 bits per heavy atom. The van der Waals surface area contributed by atoms with Crippen molar-refractivity contribution in [2.45, 2.75) is 56.2 Å². The predicted molar refractivity (Wildman–Crippen MR) is 137 cm³/mol. The second-order valence-electron chi connectivity index (χ2n) is 9.99. The lowest BCUT2D eigenvalue weighted by molar-refractivity contribution is -0.0580. The van der Waals surface area contributed by atoms with Gasteiger partial charge in [-0.1, -0.05) is 0 Å². The van der Waals surface area contributed by atoms with E-state index in [1.165, 1.54) is 30.1 Å². The number of rotatable bonds is 3. The number of anilines is 1. The van der Waals surface area contributed by atoms with Gasteiger partial charge in [-0.25, -0.2) is 33.5 Å². The number of hydrogen-bond acceptors (Lipinski definition) is 14. The zero-order valence-electron chi connectivity index (χ0n) is 21.7. The summed E-state index contributed by atoms with van der Waals surface area (Å²) in [6.45, 7) is 0.118. The first kappa shape index (κ1) is 29.4. The molecule has 1 saturated carbocycles. The van der Waals surface area contributed by atoms with Crippen molar-refractivity contribution in [1.29, 1.82) is 0 Å². The lowest BCUT2D eigenvalue weighted by Crippen LogP contribution is -2.35. The van der Waals surface area contributed by atoms with E-state index in [0.717, 1.165) is 6.33 Å². The van der Waals surface area contributed by atoms with Gasteiger partial charge < -0.3 is 29.9 Å². The van der Waals surface area contributed by atoms with E-state index in [1.807, 2.05) is 0 Å². The maximum atomic E-state index is 15.5. The summed E-state index contributed by atoms with van der Waals surface area (Å²) in [5.74, 6) is -0.509. The summed E-state index contributed by atoms with van der Waals surface area (Å²) < 4.78 is 69.3. The van der Waals surface area contributed by atoms with Crippen molar-refractivity contribution in [3.63, 3.8) is 0 Å². The summed E-state index contributed by atoms with van der Waals surface area (Å²) in [4.78, 5) is 51.9. The van der Waals surface area contributed by atoms with Gasteiger partial charge in [0.2, 0.25) is 0 Å². The molecule has 2 bridgehead atoms. The second kappa shape index (κ2) is 11.1. The molecule has 5 heterocycles. The summed E-state index contributed by atoms with van der Waals surface area (Å²) in [7, 11) is -9.98. The molecule has 3 aromatic rings. The van der Waals surface area contributed by atoms with Crippen LogP contribution in [0.15, 0.2) is 29.7 Å². The molecule has 228 valence electrons. The van der Waals surface area contributed by atoms with Crippen LogP contribution in [0, 0.1) is 12.8 Å². The van der Waals surface area contributed by atoms with Crippen LogP contribution in [0.3, 0.4) is 0 Å². The minimum atomic E-state index is -5.00. The number of aromatic nitrogens is 6. The van der Waals surface area contributed by atoms with Crippen LogP contribution < -0.4 is 10.9 Å². The minimum Gasteiger partial charge on any atom is -0.387 e. The van der Waals surface area contributed by atoms with Crippen molar-refractivity contribution in [1.82, 2.24) is 29.5 Å². The molecule has 1 aliphatic carbocycles. The number of nitrogens with one attached hydrogen (secondary N) is 2. The zero-order valence-corrected chi connectivity index (χ0v) is 23.5. The topological polar surface area (TPSA) is 242 Å². The van der Waals surface area contributed by atoms with Gasteiger partial charge in [0.25, 0.3) is 5.56 Å². The van der Waals surface area contributed by atoms with E-state index in [1.54, 1.807) is 0 Å². The van der Waals surface area contributed by atoms with Crippen LogP contribution in [0.25, 0.3) is 11.2 Å². The minimum absolute atomic E-state index is 0.0135. The number of fused-ring (bicyclic) bond motifs is 4. The number of phosphoric ester groups is 2. The highest BCUT2D eigenvalue weighted by atomic mass is 31.2. The molecule has 0 amide bonds. The largest absolute Gasteiger partial charge is 0.472 e. The van der Waals surface area contributed by atoms with Gasteiger partial charge in [-0.05, 0) is 19.4 Å². The normalized spacial score (nSPS) is 39.3. The van der Waals surface area contributed by atoms with Crippen LogP contribution in [0.4, 0.5) is 10.2 Å². The molecule has 21 heteroatoms. The van der Waals surface area contributed by atoms with Crippen LogP contribution in [0.2, 0.25) is 0 Å². The van der Waals surface area contributed by atoms with Gasteiger partial charge in [-0.3, -0.25) is 27.5 Å². The van der Waals surface area contributed by atoms with E-state index in [0.29, 0.717) is 0 Å². The van der Waals surface area contributed by atoms with Crippen LogP contribution in [0.1, 0.15) is 18.5 Å². The van der Waals surface area contributed by atoms with E-state index in [9.17, 15) is 28.8 Å². The molecule has 5 N–H and O–H groups in total. The first-order valence-electron chi connectivity index (χ1n) is 12.7. The molecule has 0 aromatic carbocycles. The highest BCUT2D eigenvalue weighted by Crippen LogP contribution is 2.54. The monoisotopic (exact) mass is 633 g/mol. The van der Waals surface area contributed by atoms with Gasteiger partial charge >= 0.3 is 15.6 Å². The number of aryl methyl sites for hydroxylation is 1. The number of aliphatic hydroxyl groups excluding tert-OH is 1. The Morgan fingerprint density at radius 1 is 1.14 bits per heavy atom. The molecule has 0 radical (unpaired) electrons. The predicted octanol–water partition coefficient (Wildman–Crippen LogP) is 0.333. The van der Waals surface area contributed by atoms with E-state index in [-0.39, 0.29) is 29.2 Å². The van der Waals surface area contributed by atoms with Crippen LogP contribution >= 0.6 is 15.6 Å². The van der Waals surface area contributed by atoms with Crippen molar-refractivity contribution in [2.24, 2.45) is 5.92 Å². The molecule has 2 unspecified atom stereocenters. The second-order valence-corrected chi connectivity index (χ2v) is 12.8. The van der Waals surface area contributed by atoms with Crippen molar-refractivity contribution in [3.8, 4) is 0 Å². The molecule has 0 spiro atoms. The van der Waals surface area contributed by atoms with Gasteiger partial charge in [0.15, 0.2) is 17.4 Å². The average Bonchev–Trinajstić information content (AvgIpc) is 3.57. The number of aliphatic hydroxyl groups is 1. The molecule has 2 aliphatic heterocycles. The first-order valence-corrected chi connectivity index (χ1v) is 15.6. The molecular weight excluding hydrogens is 607 g/mol. The maximum absolute atomic E-state index is 15.5. The lowest BCUT2D eigenvalue weighted by atomic mass is 10.1.